The van der Waals surface area contributed by atoms with E-state index in [-0.39, 0.29) is 0 Å². The number of aryl methyl sites for hydroxylation is 1. The molecular formula is C20H24NO+. The van der Waals surface area contributed by atoms with Gasteiger partial charge < -0.3 is 4.74 Å². The van der Waals surface area contributed by atoms with E-state index in [0.717, 1.165) is 12.3 Å². The van der Waals surface area contributed by atoms with Gasteiger partial charge in [-0.15, -0.1) is 0 Å². The average molecular weight is 294 g/mol. The Bertz CT molecular complexity index is 630. The quantitative estimate of drug-likeness (QED) is 0.595. The summed E-state index contributed by atoms with van der Waals surface area (Å²) in [5, 5.41) is 0. The summed E-state index contributed by atoms with van der Waals surface area (Å²) in [4.78, 5) is 0. The van der Waals surface area contributed by atoms with E-state index in [9.17, 15) is 0 Å². The Morgan fingerprint density at radius 2 is 2.00 bits per heavy atom. The lowest BCUT2D eigenvalue weighted by molar-refractivity contribution is -0.697. The van der Waals surface area contributed by atoms with E-state index in [4.69, 9.17) is 4.74 Å². The number of ether oxygens (including phenoxy) is 1. The molecule has 0 saturated carbocycles. The monoisotopic (exact) mass is 294 g/mol. The summed E-state index contributed by atoms with van der Waals surface area (Å²) in [6.07, 6.45) is 12.6. The normalized spacial score (nSPS) is 17.4. The Labute approximate surface area is 133 Å². The molecule has 2 heteroatoms. The fraction of sp³-hybridized carbons (Fsp3) is 0.350. The maximum absolute atomic E-state index is 5.81. The molecule has 0 amide bonds. The van der Waals surface area contributed by atoms with Crippen LogP contribution >= 0.6 is 0 Å². The van der Waals surface area contributed by atoms with E-state index >= 15 is 0 Å². The second-order valence-corrected chi connectivity index (χ2v) is 6.02. The fourth-order valence-electron chi connectivity index (χ4n) is 2.96. The Hall–Kier alpha value is -2.09. The lowest BCUT2D eigenvalue weighted by Gasteiger charge is -2.17. The maximum atomic E-state index is 5.81. The Morgan fingerprint density at radius 3 is 2.73 bits per heavy atom. The fourth-order valence-corrected chi connectivity index (χ4v) is 2.96. The van der Waals surface area contributed by atoms with Gasteiger partial charge >= 0.3 is 0 Å². The highest BCUT2D eigenvalue weighted by atomic mass is 16.5. The van der Waals surface area contributed by atoms with Crippen LogP contribution in [0.4, 0.5) is 0 Å². The van der Waals surface area contributed by atoms with Crippen LogP contribution in [0, 0.1) is 6.92 Å². The predicted molar refractivity (Wildman–Crippen MR) is 89.0 cm³/mol. The Balaban J connectivity index is 1.51. The van der Waals surface area contributed by atoms with Crippen molar-refractivity contribution in [3.05, 3.63) is 72.1 Å². The summed E-state index contributed by atoms with van der Waals surface area (Å²) in [6, 6.07) is 12.7. The van der Waals surface area contributed by atoms with Gasteiger partial charge in [-0.2, -0.15) is 0 Å². The van der Waals surface area contributed by atoms with Gasteiger partial charge in [0.1, 0.15) is 12.4 Å². The van der Waals surface area contributed by atoms with Gasteiger partial charge in [-0.05, 0) is 55.4 Å². The van der Waals surface area contributed by atoms with Crippen molar-refractivity contribution in [3.63, 3.8) is 0 Å². The molecule has 0 spiro atoms. The molecule has 1 aromatic heterocycles. The Kier molecular flexibility index (Phi) is 4.89. The number of nitrogens with zero attached hydrogens (tertiary/aromatic N) is 1. The first kappa shape index (κ1) is 14.8. The molecule has 2 aromatic rings. The van der Waals surface area contributed by atoms with E-state index in [1.807, 2.05) is 12.1 Å². The van der Waals surface area contributed by atoms with Crippen LogP contribution in [0.2, 0.25) is 0 Å². The molecule has 0 aliphatic heterocycles. The van der Waals surface area contributed by atoms with Gasteiger partial charge in [-0.25, -0.2) is 4.57 Å². The van der Waals surface area contributed by atoms with Gasteiger partial charge in [0, 0.05) is 12.1 Å². The van der Waals surface area contributed by atoms with Gasteiger partial charge in [0.15, 0.2) is 18.9 Å². The number of hydrogen-bond donors (Lipinski definition) is 0. The van der Waals surface area contributed by atoms with Crippen molar-refractivity contribution in [1.82, 2.24) is 0 Å². The first-order valence-corrected chi connectivity index (χ1v) is 8.15. The smallest absolute Gasteiger partial charge is 0.182 e. The van der Waals surface area contributed by atoms with Crippen LogP contribution < -0.4 is 9.30 Å². The molecule has 2 nitrogen and oxygen atoms in total. The van der Waals surface area contributed by atoms with Crippen molar-refractivity contribution in [2.24, 2.45) is 0 Å². The molecule has 0 radical (unpaired) electrons. The molecule has 0 bridgehead atoms. The molecule has 1 atom stereocenters. The molecule has 0 saturated heterocycles. The van der Waals surface area contributed by atoms with Crippen molar-refractivity contribution in [1.29, 1.82) is 0 Å². The van der Waals surface area contributed by atoms with Crippen LogP contribution in [0.5, 0.6) is 5.75 Å². The average Bonchev–Trinajstić information content (AvgIpc) is 2.56. The third kappa shape index (κ3) is 3.97. The minimum atomic E-state index is 0.694. The Morgan fingerprint density at radius 1 is 1.14 bits per heavy atom. The predicted octanol–water partition coefficient (Wildman–Crippen LogP) is 4.19. The maximum Gasteiger partial charge on any atom is 0.182 e. The minimum Gasteiger partial charge on any atom is -0.487 e. The molecule has 1 aliphatic carbocycles. The van der Waals surface area contributed by atoms with E-state index in [1.54, 1.807) is 0 Å². The van der Waals surface area contributed by atoms with Gasteiger partial charge in [0.05, 0.1) is 0 Å². The number of benzene rings is 1. The van der Waals surface area contributed by atoms with Crippen molar-refractivity contribution < 1.29 is 9.30 Å². The highest BCUT2D eigenvalue weighted by Gasteiger charge is 2.13. The molecule has 3 rings (SSSR count). The third-order valence-electron chi connectivity index (χ3n) is 4.27. The van der Waals surface area contributed by atoms with Crippen LogP contribution in [0.1, 0.15) is 36.3 Å². The first-order valence-electron chi connectivity index (χ1n) is 8.15. The van der Waals surface area contributed by atoms with E-state index in [0.29, 0.717) is 12.5 Å². The van der Waals surface area contributed by atoms with Gasteiger partial charge in [-0.1, -0.05) is 24.3 Å². The standard InChI is InChI=1S/C20H24NO/c1-17-6-5-9-20(16-17)22-15-14-21-12-10-19(11-13-21)18-7-3-2-4-8-18/h2-3,5-6,9-13,16,18H,4,7-8,14-15H2,1H3/q+1. The number of pyridine rings is 1. The molecule has 0 N–H and O–H groups in total. The zero-order chi connectivity index (χ0) is 15.2. The van der Waals surface area contributed by atoms with E-state index in [2.05, 4.69) is 60.3 Å². The van der Waals surface area contributed by atoms with Crippen LogP contribution in [0.3, 0.4) is 0 Å². The lowest BCUT2D eigenvalue weighted by atomic mass is 9.88. The highest BCUT2D eigenvalue weighted by molar-refractivity contribution is 5.27. The van der Waals surface area contributed by atoms with Crippen molar-refractivity contribution in [3.8, 4) is 5.75 Å². The zero-order valence-corrected chi connectivity index (χ0v) is 13.2. The summed E-state index contributed by atoms with van der Waals surface area (Å²) >= 11 is 0. The summed E-state index contributed by atoms with van der Waals surface area (Å²) in [5.41, 5.74) is 2.69. The molecule has 0 fully saturated rings. The largest absolute Gasteiger partial charge is 0.487 e. The van der Waals surface area contributed by atoms with E-state index in [1.165, 1.54) is 30.4 Å². The SMILES string of the molecule is Cc1cccc(OCC[n+]2ccc(C3CC=CCC3)cc2)c1. The molecule has 1 heterocycles. The number of aromatic nitrogens is 1. The van der Waals surface area contributed by atoms with Gasteiger partial charge in [0.2, 0.25) is 0 Å². The number of hydrogen-bond acceptors (Lipinski definition) is 1. The molecule has 22 heavy (non-hydrogen) atoms. The molecule has 1 aromatic carbocycles. The summed E-state index contributed by atoms with van der Waals surface area (Å²) in [6.45, 7) is 3.65. The van der Waals surface area contributed by atoms with Crippen molar-refractivity contribution >= 4 is 0 Å². The molecular weight excluding hydrogens is 270 g/mol. The van der Waals surface area contributed by atoms with Crippen LogP contribution in [0.25, 0.3) is 0 Å². The molecule has 114 valence electrons. The summed E-state index contributed by atoms with van der Waals surface area (Å²) in [7, 11) is 0. The van der Waals surface area contributed by atoms with Crippen LogP contribution in [-0.4, -0.2) is 6.61 Å². The van der Waals surface area contributed by atoms with E-state index < -0.39 is 0 Å². The third-order valence-corrected chi connectivity index (χ3v) is 4.27. The zero-order valence-electron chi connectivity index (χ0n) is 13.2. The lowest BCUT2D eigenvalue weighted by Crippen LogP contribution is -2.35. The van der Waals surface area contributed by atoms with Gasteiger partial charge in [-0.3, -0.25) is 0 Å². The summed E-state index contributed by atoms with van der Waals surface area (Å²) in [5.74, 6) is 1.65. The van der Waals surface area contributed by atoms with Crippen LogP contribution in [0.15, 0.2) is 60.9 Å². The topological polar surface area (TPSA) is 13.1 Å². The second-order valence-electron chi connectivity index (χ2n) is 6.02. The molecule has 1 unspecified atom stereocenters. The number of rotatable bonds is 5. The van der Waals surface area contributed by atoms with Crippen molar-refractivity contribution in [2.75, 3.05) is 6.61 Å². The van der Waals surface area contributed by atoms with Crippen LogP contribution in [-0.2, 0) is 6.54 Å². The second kappa shape index (κ2) is 7.26. The van der Waals surface area contributed by atoms with Crippen molar-refractivity contribution in [2.45, 2.75) is 38.6 Å². The molecule has 1 aliphatic rings. The van der Waals surface area contributed by atoms with Gasteiger partial charge in [0.25, 0.3) is 0 Å². The summed E-state index contributed by atoms with van der Waals surface area (Å²) < 4.78 is 8.00. The minimum absolute atomic E-state index is 0.694. The highest BCUT2D eigenvalue weighted by Crippen LogP contribution is 2.28. The first-order chi connectivity index (χ1) is 10.8. The number of allylic oxidation sites excluding steroid dienone is 2.